The molecule has 82 valence electrons. The van der Waals surface area contributed by atoms with Gasteiger partial charge in [0.2, 0.25) is 0 Å². The van der Waals surface area contributed by atoms with Gasteiger partial charge >= 0.3 is 0 Å². The molecule has 15 heavy (non-hydrogen) atoms. The lowest BCUT2D eigenvalue weighted by Crippen LogP contribution is -2.56. The Balaban J connectivity index is 2.46. The van der Waals surface area contributed by atoms with E-state index in [0.717, 1.165) is 5.56 Å². The number of nitrogens with one attached hydrogen (secondary N) is 1. The minimum atomic E-state index is -0.820. The largest absolute Gasteiger partial charge is 0.493 e. The highest BCUT2D eigenvalue weighted by molar-refractivity contribution is 5.50. The van der Waals surface area contributed by atoms with Crippen molar-refractivity contribution in [3.63, 3.8) is 0 Å². The molecule has 0 aliphatic carbocycles. The van der Waals surface area contributed by atoms with Crippen LogP contribution in [0.3, 0.4) is 0 Å². The number of hydrogen-bond acceptors (Lipinski definition) is 4. The van der Waals surface area contributed by atoms with Crippen molar-refractivity contribution in [2.75, 3.05) is 27.3 Å². The molecule has 0 unspecified atom stereocenters. The fourth-order valence-corrected chi connectivity index (χ4v) is 1.81. The third-order valence-corrected chi connectivity index (χ3v) is 2.74. The van der Waals surface area contributed by atoms with E-state index in [1.54, 1.807) is 14.2 Å². The number of benzene rings is 1. The molecule has 0 radical (unpaired) electrons. The van der Waals surface area contributed by atoms with Gasteiger partial charge in [0.1, 0.15) is 5.60 Å². The predicted molar refractivity (Wildman–Crippen MR) is 56.3 cm³/mol. The van der Waals surface area contributed by atoms with Crippen LogP contribution in [0.25, 0.3) is 0 Å². The number of β-amino-alcohol motifs (C(OH)–C–C–N with tert-alkyl or cyclic N) is 1. The Kier molecular flexibility index (Phi) is 2.54. The summed E-state index contributed by atoms with van der Waals surface area (Å²) < 4.78 is 10.5. The molecule has 4 nitrogen and oxygen atoms in total. The van der Waals surface area contributed by atoms with Crippen LogP contribution < -0.4 is 14.8 Å². The standard InChI is InChI=1S/C11H15NO3/c1-14-9-5-3-4-8(10(9)15-2)11(13)6-12-7-11/h3-5,12-13H,6-7H2,1-2H3. The van der Waals surface area contributed by atoms with Gasteiger partial charge < -0.3 is 19.9 Å². The zero-order chi connectivity index (χ0) is 10.9. The maximum atomic E-state index is 10.2. The molecule has 0 saturated carbocycles. The van der Waals surface area contributed by atoms with Crippen molar-refractivity contribution in [1.29, 1.82) is 0 Å². The molecule has 0 aromatic heterocycles. The van der Waals surface area contributed by atoms with E-state index in [0.29, 0.717) is 24.6 Å². The van der Waals surface area contributed by atoms with Gasteiger partial charge in [0.25, 0.3) is 0 Å². The minimum absolute atomic E-state index is 0.552. The van der Waals surface area contributed by atoms with Crippen LogP contribution in [0, 0.1) is 0 Å². The summed E-state index contributed by atoms with van der Waals surface area (Å²) in [6, 6.07) is 5.53. The molecule has 2 N–H and O–H groups in total. The average Bonchev–Trinajstić information content (AvgIpc) is 2.24. The summed E-state index contributed by atoms with van der Waals surface area (Å²) in [6.45, 7) is 1.10. The Hall–Kier alpha value is -1.26. The summed E-state index contributed by atoms with van der Waals surface area (Å²) in [6.07, 6.45) is 0. The lowest BCUT2D eigenvalue weighted by molar-refractivity contribution is -0.0167. The van der Waals surface area contributed by atoms with Crippen molar-refractivity contribution in [2.45, 2.75) is 5.60 Å². The van der Waals surface area contributed by atoms with Crippen molar-refractivity contribution >= 4 is 0 Å². The molecule has 1 aliphatic heterocycles. The van der Waals surface area contributed by atoms with Crippen LogP contribution in [-0.4, -0.2) is 32.4 Å². The molecule has 1 aromatic rings. The lowest BCUT2D eigenvalue weighted by Gasteiger charge is -2.38. The first-order valence-electron chi connectivity index (χ1n) is 4.86. The smallest absolute Gasteiger partial charge is 0.166 e. The first-order chi connectivity index (χ1) is 7.21. The van der Waals surface area contributed by atoms with Gasteiger partial charge in [-0.3, -0.25) is 0 Å². The van der Waals surface area contributed by atoms with E-state index in [1.165, 1.54) is 0 Å². The molecule has 1 heterocycles. The molecule has 0 bridgehead atoms. The summed E-state index contributed by atoms with van der Waals surface area (Å²) in [5.41, 5.74) is -0.0389. The summed E-state index contributed by atoms with van der Waals surface area (Å²) in [5, 5.41) is 13.3. The fraction of sp³-hybridized carbons (Fsp3) is 0.455. The molecule has 2 rings (SSSR count). The third-order valence-electron chi connectivity index (χ3n) is 2.74. The lowest BCUT2D eigenvalue weighted by atomic mass is 9.87. The predicted octanol–water partition coefficient (Wildman–Crippen LogP) is 0.495. The molecule has 0 atom stereocenters. The zero-order valence-electron chi connectivity index (χ0n) is 8.91. The Bertz CT molecular complexity index is 361. The van der Waals surface area contributed by atoms with Crippen molar-refractivity contribution in [2.24, 2.45) is 0 Å². The Morgan fingerprint density at radius 3 is 2.47 bits per heavy atom. The minimum Gasteiger partial charge on any atom is -0.493 e. The highest BCUT2D eigenvalue weighted by atomic mass is 16.5. The Morgan fingerprint density at radius 1 is 1.27 bits per heavy atom. The van der Waals surface area contributed by atoms with E-state index in [4.69, 9.17) is 9.47 Å². The van der Waals surface area contributed by atoms with Crippen LogP contribution in [-0.2, 0) is 5.60 Å². The van der Waals surface area contributed by atoms with Crippen LogP contribution in [0.1, 0.15) is 5.56 Å². The summed E-state index contributed by atoms with van der Waals surface area (Å²) in [5.74, 6) is 1.26. The SMILES string of the molecule is COc1cccc(C2(O)CNC2)c1OC. The molecule has 0 spiro atoms. The Morgan fingerprint density at radius 2 is 2.00 bits per heavy atom. The molecule has 1 aliphatic rings. The number of ether oxygens (including phenoxy) is 2. The average molecular weight is 209 g/mol. The molecular formula is C11H15NO3. The maximum Gasteiger partial charge on any atom is 0.166 e. The van der Waals surface area contributed by atoms with Crippen LogP contribution >= 0.6 is 0 Å². The molecule has 0 amide bonds. The first-order valence-corrected chi connectivity index (χ1v) is 4.86. The molecule has 1 fully saturated rings. The number of rotatable bonds is 3. The summed E-state index contributed by atoms with van der Waals surface area (Å²) in [7, 11) is 3.17. The van der Waals surface area contributed by atoms with E-state index in [9.17, 15) is 5.11 Å². The van der Waals surface area contributed by atoms with Crippen LogP contribution in [0.5, 0.6) is 11.5 Å². The van der Waals surface area contributed by atoms with Crippen molar-refractivity contribution in [1.82, 2.24) is 5.32 Å². The van der Waals surface area contributed by atoms with Gasteiger partial charge in [-0.2, -0.15) is 0 Å². The Labute approximate surface area is 88.8 Å². The fourth-order valence-electron chi connectivity index (χ4n) is 1.81. The number of methoxy groups -OCH3 is 2. The van der Waals surface area contributed by atoms with Gasteiger partial charge in [-0.15, -0.1) is 0 Å². The second kappa shape index (κ2) is 3.72. The molecular weight excluding hydrogens is 194 g/mol. The van der Waals surface area contributed by atoms with Crippen LogP contribution in [0.15, 0.2) is 18.2 Å². The molecule has 1 saturated heterocycles. The van der Waals surface area contributed by atoms with E-state index in [2.05, 4.69) is 5.32 Å². The highest BCUT2D eigenvalue weighted by Gasteiger charge is 2.39. The second-order valence-electron chi connectivity index (χ2n) is 3.68. The van der Waals surface area contributed by atoms with Crippen molar-refractivity contribution < 1.29 is 14.6 Å². The van der Waals surface area contributed by atoms with Crippen molar-refractivity contribution in [3.05, 3.63) is 23.8 Å². The van der Waals surface area contributed by atoms with Gasteiger partial charge in [0, 0.05) is 18.7 Å². The van der Waals surface area contributed by atoms with Gasteiger partial charge in [-0.05, 0) is 6.07 Å². The van der Waals surface area contributed by atoms with Gasteiger partial charge in [0.15, 0.2) is 11.5 Å². The molecule has 4 heteroatoms. The quantitative estimate of drug-likeness (QED) is 0.761. The van der Waals surface area contributed by atoms with Gasteiger partial charge in [0.05, 0.1) is 14.2 Å². The van der Waals surface area contributed by atoms with E-state index >= 15 is 0 Å². The number of hydrogen-bond donors (Lipinski definition) is 2. The number of aliphatic hydroxyl groups is 1. The monoisotopic (exact) mass is 209 g/mol. The van der Waals surface area contributed by atoms with E-state index < -0.39 is 5.60 Å². The third kappa shape index (κ3) is 1.56. The summed E-state index contributed by atoms with van der Waals surface area (Å²) >= 11 is 0. The normalized spacial score (nSPS) is 18.1. The van der Waals surface area contributed by atoms with Gasteiger partial charge in [-0.25, -0.2) is 0 Å². The number of para-hydroxylation sites is 1. The topological polar surface area (TPSA) is 50.7 Å². The zero-order valence-corrected chi connectivity index (χ0v) is 8.91. The highest BCUT2D eigenvalue weighted by Crippen LogP contribution is 2.38. The first kappa shape index (κ1) is 10.3. The van der Waals surface area contributed by atoms with Crippen LogP contribution in [0.4, 0.5) is 0 Å². The second-order valence-corrected chi connectivity index (χ2v) is 3.68. The van der Waals surface area contributed by atoms with Gasteiger partial charge in [-0.1, -0.05) is 12.1 Å². The van der Waals surface area contributed by atoms with E-state index in [1.807, 2.05) is 18.2 Å². The van der Waals surface area contributed by atoms with Crippen LogP contribution in [0.2, 0.25) is 0 Å². The maximum absolute atomic E-state index is 10.2. The molecule has 1 aromatic carbocycles. The summed E-state index contributed by atoms with van der Waals surface area (Å²) in [4.78, 5) is 0. The van der Waals surface area contributed by atoms with Crippen molar-refractivity contribution in [3.8, 4) is 11.5 Å². The van der Waals surface area contributed by atoms with E-state index in [-0.39, 0.29) is 0 Å².